The van der Waals surface area contributed by atoms with Gasteiger partial charge in [-0.15, -0.1) is 10.2 Å². The van der Waals surface area contributed by atoms with Crippen LogP contribution in [0.25, 0.3) is 11.0 Å². The summed E-state index contributed by atoms with van der Waals surface area (Å²) in [5, 5.41) is 18.3. The highest BCUT2D eigenvalue weighted by atomic mass is 35.5. The summed E-state index contributed by atoms with van der Waals surface area (Å²) in [6.07, 6.45) is 2.06. The summed E-state index contributed by atoms with van der Waals surface area (Å²) in [4.78, 5) is 12.7. The number of rotatable bonds is 4. The van der Waals surface area contributed by atoms with Gasteiger partial charge in [-0.25, -0.2) is 0 Å². The maximum atomic E-state index is 12.7. The molecule has 1 fully saturated rings. The van der Waals surface area contributed by atoms with Gasteiger partial charge in [0, 0.05) is 10.9 Å². The number of furan rings is 1. The highest BCUT2D eigenvalue weighted by Gasteiger charge is 2.37. The molecule has 1 aliphatic carbocycles. The second-order valence-corrected chi connectivity index (χ2v) is 6.14. The van der Waals surface area contributed by atoms with Crippen LogP contribution >= 0.6 is 11.6 Å². The number of fused-ring (bicyclic) bond motifs is 1. The van der Waals surface area contributed by atoms with Crippen LogP contribution in [-0.4, -0.2) is 26.5 Å². The van der Waals surface area contributed by atoms with Crippen molar-refractivity contribution in [2.24, 2.45) is 5.92 Å². The molecule has 7 nitrogen and oxygen atoms in total. The van der Waals surface area contributed by atoms with Crippen molar-refractivity contribution < 1.29 is 9.21 Å². The van der Waals surface area contributed by atoms with Crippen LogP contribution in [0.15, 0.2) is 22.6 Å². The fraction of sp³-hybridized carbons (Fsp3) is 0.333. The molecule has 2 aromatic heterocycles. The van der Waals surface area contributed by atoms with Crippen LogP contribution in [0, 0.1) is 12.8 Å². The van der Waals surface area contributed by atoms with Gasteiger partial charge in [-0.05, 0) is 31.7 Å². The maximum absolute atomic E-state index is 12.7. The number of hydrogen-bond acceptors (Lipinski definition) is 5. The fourth-order valence-corrected chi connectivity index (χ4v) is 2.97. The molecule has 2 N–H and O–H groups in total. The van der Waals surface area contributed by atoms with E-state index in [2.05, 4.69) is 25.9 Å². The third-order valence-corrected chi connectivity index (χ3v) is 4.44. The summed E-state index contributed by atoms with van der Waals surface area (Å²) in [6, 6.07) is 5.19. The molecule has 1 atom stereocenters. The first-order valence-electron chi connectivity index (χ1n) is 7.37. The minimum absolute atomic E-state index is 0.260. The lowest BCUT2D eigenvalue weighted by molar-refractivity contribution is 0.0902. The number of hydrogen-bond donors (Lipinski definition) is 2. The Morgan fingerprint density at radius 1 is 1.48 bits per heavy atom. The zero-order chi connectivity index (χ0) is 16.0. The highest BCUT2D eigenvalue weighted by Crippen LogP contribution is 2.40. The molecule has 23 heavy (non-hydrogen) atoms. The SMILES string of the molecule is Cc1c(C(=O)NC(c2nn[nH]n2)C2CC2)oc2c(Cl)cccc12. The zero-order valence-electron chi connectivity index (χ0n) is 12.3. The number of H-pyrrole nitrogens is 1. The van der Waals surface area contributed by atoms with Crippen molar-refractivity contribution in [2.75, 3.05) is 0 Å². The Balaban J connectivity index is 1.66. The van der Waals surface area contributed by atoms with Crippen LogP contribution in [0.4, 0.5) is 0 Å². The van der Waals surface area contributed by atoms with Crippen LogP contribution in [-0.2, 0) is 0 Å². The molecule has 4 rings (SSSR count). The molecule has 0 spiro atoms. The molecule has 0 bridgehead atoms. The van der Waals surface area contributed by atoms with E-state index < -0.39 is 0 Å². The molecule has 0 radical (unpaired) electrons. The fourth-order valence-electron chi connectivity index (χ4n) is 2.76. The number of carbonyl (C=O) groups is 1. The van der Waals surface area contributed by atoms with Crippen LogP contribution in [0.5, 0.6) is 0 Å². The summed E-state index contributed by atoms with van der Waals surface area (Å²) in [5.74, 6) is 0.802. The second-order valence-electron chi connectivity index (χ2n) is 5.73. The predicted octanol–water partition coefficient (Wildman–Crippen LogP) is 2.79. The summed E-state index contributed by atoms with van der Waals surface area (Å²) >= 11 is 6.14. The lowest BCUT2D eigenvalue weighted by atomic mass is 10.1. The van der Waals surface area contributed by atoms with Gasteiger partial charge in [0.25, 0.3) is 5.91 Å². The normalized spacial score (nSPS) is 15.7. The molecular weight excluding hydrogens is 318 g/mol. The highest BCUT2D eigenvalue weighted by molar-refractivity contribution is 6.35. The summed E-state index contributed by atoms with van der Waals surface area (Å²) in [6.45, 7) is 1.84. The standard InChI is InChI=1S/C15H14ClN5O2/c1-7-9-3-2-4-10(16)13(9)23-12(7)15(22)17-11(8-5-6-8)14-18-20-21-19-14/h2-4,8,11H,5-6H2,1H3,(H,17,22)(H,18,19,20,21). The molecule has 8 heteroatoms. The minimum atomic E-state index is -0.295. The molecule has 1 amide bonds. The Bertz CT molecular complexity index is 870. The molecule has 0 aliphatic heterocycles. The first-order valence-corrected chi connectivity index (χ1v) is 7.74. The van der Waals surface area contributed by atoms with E-state index in [9.17, 15) is 4.79 Å². The number of aromatic amines is 1. The van der Waals surface area contributed by atoms with E-state index in [-0.39, 0.29) is 17.7 Å². The molecule has 1 aromatic carbocycles. The van der Waals surface area contributed by atoms with Gasteiger partial charge >= 0.3 is 0 Å². The van der Waals surface area contributed by atoms with E-state index in [1.165, 1.54) is 0 Å². The molecule has 0 saturated heterocycles. The number of amides is 1. The average molecular weight is 332 g/mol. The Morgan fingerprint density at radius 3 is 2.96 bits per heavy atom. The van der Waals surface area contributed by atoms with Crippen LogP contribution in [0.1, 0.15) is 40.8 Å². The van der Waals surface area contributed by atoms with Gasteiger partial charge in [-0.1, -0.05) is 28.9 Å². The summed E-state index contributed by atoms with van der Waals surface area (Å²) < 4.78 is 5.70. The molecule has 3 aromatic rings. The molecule has 2 heterocycles. The van der Waals surface area contributed by atoms with Crippen molar-refractivity contribution in [1.29, 1.82) is 0 Å². The Labute approximate surface area is 136 Å². The van der Waals surface area contributed by atoms with Gasteiger partial charge in [0.15, 0.2) is 17.2 Å². The number of benzene rings is 1. The van der Waals surface area contributed by atoms with E-state index >= 15 is 0 Å². The first-order chi connectivity index (χ1) is 11.1. The Kier molecular flexibility index (Phi) is 3.30. The van der Waals surface area contributed by atoms with Gasteiger partial charge in [0.2, 0.25) is 0 Å². The van der Waals surface area contributed by atoms with Crippen LogP contribution < -0.4 is 5.32 Å². The van der Waals surface area contributed by atoms with Gasteiger partial charge < -0.3 is 9.73 Å². The van der Waals surface area contributed by atoms with E-state index in [1.54, 1.807) is 6.07 Å². The van der Waals surface area contributed by atoms with E-state index in [0.717, 1.165) is 23.8 Å². The van der Waals surface area contributed by atoms with Gasteiger partial charge in [0.1, 0.15) is 0 Å². The van der Waals surface area contributed by atoms with Crippen molar-refractivity contribution in [1.82, 2.24) is 25.9 Å². The number of nitrogens with zero attached hydrogens (tertiary/aromatic N) is 3. The molecular formula is C15H14ClN5O2. The van der Waals surface area contributed by atoms with Crippen molar-refractivity contribution in [3.05, 3.63) is 40.4 Å². The Morgan fingerprint density at radius 2 is 2.30 bits per heavy atom. The summed E-state index contributed by atoms with van der Waals surface area (Å²) in [7, 11) is 0. The van der Waals surface area contributed by atoms with E-state index in [0.29, 0.717) is 22.3 Å². The molecule has 1 saturated carbocycles. The van der Waals surface area contributed by atoms with E-state index in [4.69, 9.17) is 16.0 Å². The topological polar surface area (TPSA) is 96.7 Å². The summed E-state index contributed by atoms with van der Waals surface area (Å²) in [5.41, 5.74) is 1.29. The smallest absolute Gasteiger partial charge is 0.287 e. The molecule has 118 valence electrons. The third kappa shape index (κ3) is 2.46. The number of aryl methyl sites for hydroxylation is 1. The zero-order valence-corrected chi connectivity index (χ0v) is 13.1. The van der Waals surface area contributed by atoms with Gasteiger partial charge in [-0.3, -0.25) is 4.79 Å². The largest absolute Gasteiger partial charge is 0.449 e. The lowest BCUT2D eigenvalue weighted by Gasteiger charge is -2.13. The number of tetrazole rings is 1. The van der Waals surface area contributed by atoms with Crippen molar-refractivity contribution in [2.45, 2.75) is 25.8 Å². The van der Waals surface area contributed by atoms with Crippen LogP contribution in [0.3, 0.4) is 0 Å². The average Bonchev–Trinajstić information content (AvgIpc) is 3.11. The monoisotopic (exact) mass is 331 g/mol. The van der Waals surface area contributed by atoms with Crippen molar-refractivity contribution in [3.8, 4) is 0 Å². The minimum Gasteiger partial charge on any atom is -0.449 e. The van der Waals surface area contributed by atoms with Gasteiger partial charge in [0.05, 0.1) is 11.1 Å². The van der Waals surface area contributed by atoms with E-state index in [1.807, 2.05) is 19.1 Å². The quantitative estimate of drug-likeness (QED) is 0.766. The molecule has 1 aliphatic rings. The Hall–Kier alpha value is -2.41. The molecule has 1 unspecified atom stereocenters. The maximum Gasteiger partial charge on any atom is 0.287 e. The third-order valence-electron chi connectivity index (χ3n) is 4.14. The number of carbonyl (C=O) groups excluding carboxylic acids is 1. The van der Waals surface area contributed by atoms with Crippen molar-refractivity contribution in [3.63, 3.8) is 0 Å². The predicted molar refractivity (Wildman–Crippen MR) is 83.1 cm³/mol. The number of nitrogens with one attached hydrogen (secondary N) is 2. The van der Waals surface area contributed by atoms with Gasteiger partial charge in [-0.2, -0.15) is 5.21 Å². The van der Waals surface area contributed by atoms with Crippen molar-refractivity contribution >= 4 is 28.5 Å². The lowest BCUT2D eigenvalue weighted by Crippen LogP contribution is -2.30. The number of halogens is 1. The second kappa shape index (κ2) is 5.34. The van der Waals surface area contributed by atoms with Crippen LogP contribution in [0.2, 0.25) is 5.02 Å². The first kappa shape index (κ1) is 14.2. The number of para-hydroxylation sites is 1. The number of aromatic nitrogens is 4.